The van der Waals surface area contributed by atoms with E-state index in [1.54, 1.807) is 36.4 Å². The van der Waals surface area contributed by atoms with Crippen LogP contribution in [0.15, 0.2) is 69.7 Å². The van der Waals surface area contributed by atoms with E-state index in [2.05, 4.69) is 10.3 Å². The fourth-order valence-electron chi connectivity index (χ4n) is 7.07. The van der Waals surface area contributed by atoms with Gasteiger partial charge in [0.25, 0.3) is 0 Å². The predicted octanol–water partition coefficient (Wildman–Crippen LogP) is 9.74. The summed E-state index contributed by atoms with van der Waals surface area (Å²) in [7, 11) is 2.24. The molecule has 21 heteroatoms. The third-order valence-corrected chi connectivity index (χ3v) is 10.3. The number of alkyl halides is 6. The Morgan fingerprint density at radius 2 is 0.985 bits per heavy atom. The van der Waals surface area contributed by atoms with E-state index in [0.717, 1.165) is 7.11 Å². The zero-order valence-electron chi connectivity index (χ0n) is 37.7. The van der Waals surface area contributed by atoms with Gasteiger partial charge < -0.3 is 38.9 Å². The topological polar surface area (TPSA) is 184 Å². The third kappa shape index (κ3) is 14.2. The second-order valence-electron chi connectivity index (χ2n) is 14.5. The van der Waals surface area contributed by atoms with Crippen LogP contribution in [-0.4, -0.2) is 52.2 Å². The number of carboxylic acid groups (broad SMARTS) is 1. The average Bonchev–Trinajstić information content (AvgIpc) is 3.90. The van der Waals surface area contributed by atoms with Gasteiger partial charge in [-0.3, -0.25) is 0 Å². The Morgan fingerprint density at radius 3 is 1.30 bits per heavy atom. The van der Waals surface area contributed by atoms with Gasteiger partial charge >= 0.3 is 53.8 Å². The van der Waals surface area contributed by atoms with E-state index in [0.29, 0.717) is 101 Å². The van der Waals surface area contributed by atoms with Crippen LogP contribution in [0.2, 0.25) is 10.0 Å². The maximum Gasteiger partial charge on any atom is 1.00 e. The molecule has 0 aliphatic carbocycles. The van der Waals surface area contributed by atoms with Crippen molar-refractivity contribution in [1.82, 2.24) is 10.3 Å². The van der Waals surface area contributed by atoms with E-state index in [4.69, 9.17) is 51.6 Å². The largest absolute Gasteiger partial charge is 1.00 e. The van der Waals surface area contributed by atoms with Crippen molar-refractivity contribution in [3.05, 3.63) is 115 Å². The number of halogens is 8. The van der Waals surface area contributed by atoms with E-state index in [1.165, 1.54) is 31.4 Å². The van der Waals surface area contributed by atoms with Crippen molar-refractivity contribution in [1.29, 1.82) is 0 Å². The quantitative estimate of drug-likeness (QED) is 0.0533. The number of aryl methyl sites for hydroxylation is 4. The molecule has 6 aromatic rings. The summed E-state index contributed by atoms with van der Waals surface area (Å²) in [6.45, 7) is 7.53. The second-order valence-corrected chi connectivity index (χ2v) is 15.3. The summed E-state index contributed by atoms with van der Waals surface area (Å²) in [6.07, 6.45) is -7.79. The summed E-state index contributed by atoms with van der Waals surface area (Å²) in [5, 5.41) is 24.0. The van der Waals surface area contributed by atoms with Gasteiger partial charge in [-0.05, 0) is 73.2 Å². The Morgan fingerprint density at radius 1 is 0.642 bits per heavy atom. The Bertz CT molecular complexity index is 2530. The number of aliphatic carboxylic acids is 1. The van der Waals surface area contributed by atoms with E-state index in [-0.39, 0.29) is 62.7 Å². The molecule has 2 aromatic heterocycles. The van der Waals surface area contributed by atoms with Gasteiger partial charge in [0.15, 0.2) is 22.6 Å². The van der Waals surface area contributed by atoms with Crippen molar-refractivity contribution in [3.63, 3.8) is 0 Å². The molecule has 2 unspecified atom stereocenters. The normalized spacial score (nSPS) is 12.1. The van der Waals surface area contributed by atoms with E-state index in [1.807, 2.05) is 27.7 Å². The molecule has 0 amide bonds. The molecular weight excluding hydrogens is 948 g/mol. The minimum absolute atomic E-state index is 0. The molecule has 12 nitrogen and oxygen atoms in total. The van der Waals surface area contributed by atoms with Crippen LogP contribution in [0.5, 0.6) is 11.5 Å². The minimum atomic E-state index is -4.67. The van der Waals surface area contributed by atoms with Crippen molar-refractivity contribution < 1.29 is 104 Å². The van der Waals surface area contributed by atoms with Crippen LogP contribution in [-0.2, 0) is 52.4 Å². The Balaban J connectivity index is 0.000000431. The number of nitrogens with zero attached hydrogens (tertiary/aromatic N) is 2. The van der Waals surface area contributed by atoms with Gasteiger partial charge in [-0.2, -0.15) is 26.3 Å². The number of hydrogen-bond donors (Lipinski definition) is 2. The molecule has 0 saturated carbocycles. The van der Waals surface area contributed by atoms with Crippen LogP contribution in [0.4, 0.5) is 26.3 Å². The Kier molecular flexibility index (Phi) is 23.0. The van der Waals surface area contributed by atoms with Crippen LogP contribution < -0.4 is 39.0 Å². The van der Waals surface area contributed by atoms with Crippen molar-refractivity contribution in [2.45, 2.75) is 104 Å². The number of ether oxygens (including phenoxy) is 3. The monoisotopic (exact) mass is 996 g/mol. The van der Waals surface area contributed by atoms with Gasteiger partial charge in [0, 0.05) is 39.4 Å². The number of rotatable bonds is 16. The molecule has 0 aliphatic rings. The number of aliphatic hydroxyl groups excluding tert-OH is 1. The number of esters is 1. The van der Waals surface area contributed by atoms with Crippen LogP contribution >= 0.6 is 23.2 Å². The number of aromatic nitrogens is 2. The van der Waals surface area contributed by atoms with E-state index >= 15 is 0 Å². The summed E-state index contributed by atoms with van der Waals surface area (Å²) in [4.78, 5) is 24.6. The molecule has 6 rings (SSSR count). The number of benzene rings is 4. The maximum absolute atomic E-state index is 13.5. The van der Waals surface area contributed by atoms with Gasteiger partial charge in [0.2, 0.25) is 12.2 Å². The fourth-order valence-corrected chi connectivity index (χ4v) is 7.32. The van der Waals surface area contributed by atoms with Gasteiger partial charge in [-0.1, -0.05) is 111 Å². The van der Waals surface area contributed by atoms with Crippen molar-refractivity contribution in [3.8, 4) is 11.5 Å². The van der Waals surface area contributed by atoms with Gasteiger partial charge in [0.05, 0.1) is 17.9 Å². The zero-order valence-corrected chi connectivity index (χ0v) is 41.2. The van der Waals surface area contributed by atoms with Crippen molar-refractivity contribution >= 4 is 57.1 Å². The minimum Gasteiger partial charge on any atom is -0.870 e. The van der Waals surface area contributed by atoms with E-state index in [9.17, 15) is 41.0 Å². The molecule has 0 aliphatic heterocycles. The number of fused-ring (bicyclic) bond motifs is 2. The number of methoxy groups -OCH3 is 1. The number of hydrogen-bond acceptors (Lipinski definition) is 11. The first-order valence-corrected chi connectivity index (χ1v) is 21.3. The molecule has 2 heterocycles. The predicted molar refractivity (Wildman–Crippen MR) is 233 cm³/mol. The molecule has 0 fully saturated rings. The molecule has 0 saturated heterocycles. The summed E-state index contributed by atoms with van der Waals surface area (Å²) in [5.41, 5.74) is 0.499. The molecule has 360 valence electrons. The maximum atomic E-state index is 13.5. The first-order valence-electron chi connectivity index (χ1n) is 20.5. The smallest absolute Gasteiger partial charge is 0.870 e. The van der Waals surface area contributed by atoms with Crippen LogP contribution in [0.25, 0.3) is 21.9 Å². The second kappa shape index (κ2) is 26.3. The molecular formula is C46H49Cl2F6N2NaO10. The van der Waals surface area contributed by atoms with Crippen LogP contribution in [0, 0.1) is 0 Å². The Labute approximate surface area is 414 Å². The number of carbonyl (C=O) groups excluding carboxylic acids is 1. The number of aliphatic hydroxyl groups is 1. The molecule has 3 N–H and O–H groups in total. The molecule has 0 radical (unpaired) electrons. The summed E-state index contributed by atoms with van der Waals surface area (Å²) < 4.78 is 108. The molecule has 4 aromatic carbocycles. The van der Waals surface area contributed by atoms with Crippen LogP contribution in [0.1, 0.15) is 110 Å². The summed E-state index contributed by atoms with van der Waals surface area (Å²) in [5.74, 6) is -1.34. The standard InChI is InChI=1S/C23H23ClF3NO4.C22H21ClF3NO4.CH4O.Na.H2O/c1-4-6-14-12-17-20(32-28-21(17)23(25,26)27)16(7-5-2)18(14)31-19(22(29)30-3)13-8-10-15(24)11-9-13;1-3-5-13-11-16-19(31-27-20(16)22(24,25)26)15(6-4-2)17(13)30-18(21(28)29)12-7-9-14(23)10-8-12;1-2;;/h8-12,19H,4-7H2,1-3H3;7-11,18H,3-6H2,1-2H3,(H,28,29);2H,1H3;;1H2/q;;;+1;/p-1. The fraction of sp³-hybridized carbons (Fsp3) is 0.391. The molecule has 0 spiro atoms. The van der Waals surface area contributed by atoms with Crippen LogP contribution in [0.3, 0.4) is 0 Å². The Hall–Kier alpha value is -4.56. The van der Waals surface area contributed by atoms with Gasteiger partial charge in [-0.15, -0.1) is 0 Å². The summed E-state index contributed by atoms with van der Waals surface area (Å²) in [6, 6.07) is 15.4. The van der Waals surface area contributed by atoms with Gasteiger partial charge in [0.1, 0.15) is 11.5 Å². The number of carboxylic acids is 1. The third-order valence-electron chi connectivity index (χ3n) is 9.80. The first-order chi connectivity index (χ1) is 30.9. The van der Waals surface area contributed by atoms with Gasteiger partial charge in [-0.25, -0.2) is 9.59 Å². The zero-order chi connectivity index (χ0) is 48.2. The van der Waals surface area contributed by atoms with Crippen molar-refractivity contribution in [2.24, 2.45) is 0 Å². The van der Waals surface area contributed by atoms with Crippen molar-refractivity contribution in [2.75, 3.05) is 14.2 Å². The number of carbonyl (C=O) groups is 2. The first kappa shape index (κ1) is 58.6. The SMILES string of the molecule is CCCc1cc2c(C(F)(F)F)noc2c(CCC)c1OC(C(=O)O)c1ccc(Cl)cc1.CCCc1cc2c(C(F)(F)F)noc2c(CCC)c1OC(C(=O)OC)c1ccc(Cl)cc1.CO.[Na+].[OH-]. The van der Waals surface area contributed by atoms with E-state index < -0.39 is 47.9 Å². The molecule has 67 heavy (non-hydrogen) atoms. The molecule has 2 atom stereocenters. The average molecular weight is 998 g/mol. The molecule has 0 bridgehead atoms. The summed E-state index contributed by atoms with van der Waals surface area (Å²) >= 11 is 11.9.